The van der Waals surface area contributed by atoms with Crippen LogP contribution in [-0.4, -0.2) is 24.1 Å². The summed E-state index contributed by atoms with van der Waals surface area (Å²) < 4.78 is 5.18. The maximum absolute atomic E-state index is 5.18. The molecule has 0 aliphatic heterocycles. The Morgan fingerprint density at radius 1 is 1.14 bits per heavy atom. The smallest absolute Gasteiger partial charge is 0.135 e. The van der Waals surface area contributed by atoms with E-state index in [0.717, 1.165) is 34.5 Å². The summed E-state index contributed by atoms with van der Waals surface area (Å²) in [7, 11) is 3.55. The van der Waals surface area contributed by atoms with Crippen molar-refractivity contribution in [3.8, 4) is 5.75 Å². The van der Waals surface area contributed by atoms with Crippen LogP contribution in [0.2, 0.25) is 0 Å². The van der Waals surface area contributed by atoms with Crippen LogP contribution in [0, 0.1) is 0 Å². The summed E-state index contributed by atoms with van der Waals surface area (Å²) in [6, 6.07) is 12.2. The number of nitrogens with one attached hydrogen (secondary N) is 1. The van der Waals surface area contributed by atoms with Gasteiger partial charge in [-0.25, -0.2) is 4.98 Å². The molecule has 1 N–H and O–H groups in total. The van der Waals surface area contributed by atoms with E-state index in [1.165, 1.54) is 5.56 Å². The molecule has 0 saturated carbocycles. The van der Waals surface area contributed by atoms with Gasteiger partial charge in [0.1, 0.15) is 11.6 Å². The normalized spacial score (nSPS) is 10.6. The molecule has 1 aromatic carbocycles. The molecule has 2 heterocycles. The minimum absolute atomic E-state index is 0.789. The Morgan fingerprint density at radius 2 is 1.95 bits per heavy atom. The minimum atomic E-state index is 0.789. The number of hydrogen-bond donors (Lipinski definition) is 1. The van der Waals surface area contributed by atoms with Crippen LogP contribution in [0.15, 0.2) is 48.8 Å². The largest absolute Gasteiger partial charge is 0.497 e. The lowest BCUT2D eigenvalue weighted by Crippen LogP contribution is -1.99. The van der Waals surface area contributed by atoms with E-state index in [1.54, 1.807) is 13.3 Å². The van der Waals surface area contributed by atoms with E-state index in [1.807, 2.05) is 31.4 Å². The van der Waals surface area contributed by atoms with Gasteiger partial charge < -0.3 is 10.1 Å². The van der Waals surface area contributed by atoms with Gasteiger partial charge in [-0.3, -0.25) is 4.98 Å². The maximum atomic E-state index is 5.18. The van der Waals surface area contributed by atoms with E-state index in [2.05, 4.69) is 33.5 Å². The fourth-order valence-corrected chi connectivity index (χ4v) is 2.38. The van der Waals surface area contributed by atoms with Crippen molar-refractivity contribution in [3.05, 3.63) is 60.0 Å². The number of ether oxygens (including phenoxy) is 1. The van der Waals surface area contributed by atoms with Gasteiger partial charge in [-0.15, -0.1) is 0 Å². The Bertz CT molecular complexity index is 754. The van der Waals surface area contributed by atoms with Gasteiger partial charge in [0.25, 0.3) is 0 Å². The molecule has 4 heteroatoms. The van der Waals surface area contributed by atoms with E-state index in [-0.39, 0.29) is 0 Å². The predicted molar refractivity (Wildman–Crippen MR) is 84.9 cm³/mol. The molecule has 2 aromatic heterocycles. The summed E-state index contributed by atoms with van der Waals surface area (Å²) in [5.74, 6) is 1.73. The average molecular weight is 279 g/mol. The number of rotatable bonds is 4. The van der Waals surface area contributed by atoms with Crippen LogP contribution in [0.3, 0.4) is 0 Å². The van der Waals surface area contributed by atoms with Crippen molar-refractivity contribution in [2.45, 2.75) is 6.42 Å². The van der Waals surface area contributed by atoms with Crippen molar-refractivity contribution in [1.29, 1.82) is 0 Å². The molecule has 0 spiro atoms. The lowest BCUT2D eigenvalue weighted by molar-refractivity contribution is 0.414. The van der Waals surface area contributed by atoms with Gasteiger partial charge in [0.2, 0.25) is 0 Å². The molecule has 0 saturated heterocycles. The summed E-state index contributed by atoms with van der Waals surface area (Å²) in [6.07, 6.45) is 4.43. The van der Waals surface area contributed by atoms with Crippen LogP contribution in [0.4, 0.5) is 5.82 Å². The monoisotopic (exact) mass is 279 g/mol. The van der Waals surface area contributed by atoms with E-state index < -0.39 is 0 Å². The van der Waals surface area contributed by atoms with Gasteiger partial charge in [0, 0.05) is 36.9 Å². The SMILES string of the molecule is CNc1nc(Cc2ccc(OC)cc2)cc2ccncc12. The molecular formula is C17H17N3O. The molecule has 0 unspecified atom stereocenters. The molecule has 0 aliphatic rings. The molecule has 0 aliphatic carbocycles. The third-order valence-electron chi connectivity index (χ3n) is 3.47. The number of aromatic nitrogens is 2. The number of anilines is 1. The van der Waals surface area contributed by atoms with Crippen molar-refractivity contribution in [3.63, 3.8) is 0 Å². The second-order valence-electron chi connectivity index (χ2n) is 4.83. The molecule has 0 bridgehead atoms. The molecule has 3 rings (SSSR count). The second-order valence-corrected chi connectivity index (χ2v) is 4.83. The van der Waals surface area contributed by atoms with Crippen LogP contribution >= 0.6 is 0 Å². The van der Waals surface area contributed by atoms with E-state index in [0.29, 0.717) is 0 Å². The van der Waals surface area contributed by atoms with Gasteiger partial charge in [0.05, 0.1) is 7.11 Å². The molecule has 3 aromatic rings. The number of nitrogens with zero attached hydrogens (tertiary/aromatic N) is 2. The predicted octanol–water partition coefficient (Wildman–Crippen LogP) is 3.27. The van der Waals surface area contributed by atoms with Gasteiger partial charge in [0.15, 0.2) is 0 Å². The van der Waals surface area contributed by atoms with Crippen LogP contribution in [0.5, 0.6) is 5.75 Å². The zero-order valence-corrected chi connectivity index (χ0v) is 12.1. The minimum Gasteiger partial charge on any atom is -0.497 e. The van der Waals surface area contributed by atoms with E-state index in [4.69, 9.17) is 4.74 Å². The van der Waals surface area contributed by atoms with Crippen LogP contribution in [-0.2, 0) is 6.42 Å². The number of hydrogen-bond acceptors (Lipinski definition) is 4. The third kappa shape index (κ3) is 2.79. The summed E-state index contributed by atoms with van der Waals surface area (Å²) in [4.78, 5) is 8.84. The average Bonchev–Trinajstić information content (AvgIpc) is 2.55. The molecule has 4 nitrogen and oxygen atoms in total. The highest BCUT2D eigenvalue weighted by Gasteiger charge is 2.06. The molecule has 0 amide bonds. The summed E-state index contributed by atoms with van der Waals surface area (Å²) in [5.41, 5.74) is 2.24. The number of fused-ring (bicyclic) bond motifs is 1. The van der Waals surface area contributed by atoms with Crippen molar-refractivity contribution in [2.24, 2.45) is 0 Å². The summed E-state index contributed by atoms with van der Waals surface area (Å²) >= 11 is 0. The molecule has 0 atom stereocenters. The topological polar surface area (TPSA) is 47.0 Å². The van der Waals surface area contributed by atoms with Gasteiger partial charge in [-0.2, -0.15) is 0 Å². The highest BCUT2D eigenvalue weighted by Crippen LogP contribution is 2.23. The van der Waals surface area contributed by atoms with Crippen molar-refractivity contribution in [2.75, 3.05) is 19.5 Å². The maximum Gasteiger partial charge on any atom is 0.135 e. The highest BCUT2D eigenvalue weighted by molar-refractivity contribution is 5.91. The lowest BCUT2D eigenvalue weighted by Gasteiger charge is -2.09. The first-order chi connectivity index (χ1) is 10.3. The fourth-order valence-electron chi connectivity index (χ4n) is 2.38. The van der Waals surface area contributed by atoms with Crippen LogP contribution in [0.1, 0.15) is 11.3 Å². The van der Waals surface area contributed by atoms with Gasteiger partial charge >= 0.3 is 0 Å². The van der Waals surface area contributed by atoms with Crippen molar-refractivity contribution in [1.82, 2.24) is 9.97 Å². The standard InChI is InChI=1S/C17H17N3O/c1-18-17-16-11-19-8-7-13(16)10-14(20-17)9-12-3-5-15(21-2)6-4-12/h3-8,10-11H,9H2,1-2H3,(H,18,20). The second kappa shape index (κ2) is 5.79. The molecule has 0 radical (unpaired) electrons. The Hall–Kier alpha value is -2.62. The third-order valence-corrected chi connectivity index (χ3v) is 3.47. The molecule has 106 valence electrons. The first kappa shape index (κ1) is 13.4. The summed E-state index contributed by atoms with van der Waals surface area (Å²) in [5, 5.41) is 5.33. The zero-order chi connectivity index (χ0) is 14.7. The van der Waals surface area contributed by atoms with Crippen LogP contribution < -0.4 is 10.1 Å². The van der Waals surface area contributed by atoms with Crippen molar-refractivity contribution >= 4 is 16.6 Å². The van der Waals surface area contributed by atoms with Crippen LogP contribution in [0.25, 0.3) is 10.8 Å². The first-order valence-corrected chi connectivity index (χ1v) is 6.84. The summed E-state index contributed by atoms with van der Waals surface area (Å²) in [6.45, 7) is 0. The Labute approximate surface area is 123 Å². The molecular weight excluding hydrogens is 262 g/mol. The fraction of sp³-hybridized carbons (Fsp3) is 0.176. The number of pyridine rings is 2. The Kier molecular flexibility index (Phi) is 3.69. The molecule has 0 fully saturated rings. The number of methoxy groups -OCH3 is 1. The Balaban J connectivity index is 1.96. The molecule has 21 heavy (non-hydrogen) atoms. The lowest BCUT2D eigenvalue weighted by atomic mass is 10.1. The van der Waals surface area contributed by atoms with Crippen molar-refractivity contribution < 1.29 is 4.74 Å². The zero-order valence-electron chi connectivity index (χ0n) is 12.1. The van der Waals surface area contributed by atoms with E-state index in [9.17, 15) is 0 Å². The van der Waals surface area contributed by atoms with Gasteiger partial charge in [-0.05, 0) is 35.2 Å². The quantitative estimate of drug-likeness (QED) is 0.796. The van der Waals surface area contributed by atoms with Gasteiger partial charge in [-0.1, -0.05) is 12.1 Å². The highest BCUT2D eigenvalue weighted by atomic mass is 16.5. The number of benzene rings is 1. The first-order valence-electron chi connectivity index (χ1n) is 6.84. The Morgan fingerprint density at radius 3 is 2.67 bits per heavy atom. The van der Waals surface area contributed by atoms with E-state index >= 15 is 0 Å².